The molecular weight excluding hydrogens is 537 g/mol. The summed E-state index contributed by atoms with van der Waals surface area (Å²) in [5.41, 5.74) is 2.63. The molecule has 0 saturated carbocycles. The van der Waals surface area contributed by atoms with E-state index in [2.05, 4.69) is 11.1 Å². The average Bonchev–Trinajstić information content (AvgIpc) is 3.14. The molecule has 0 atom stereocenters. The number of aliphatic imine (C=N–C) groups is 1. The molecule has 182 valence electrons. The maximum absolute atomic E-state index is 13.1. The number of nitrogens with zero attached hydrogens (tertiary/aromatic N) is 3. The van der Waals surface area contributed by atoms with Gasteiger partial charge in [0.15, 0.2) is 10.9 Å². The lowest BCUT2D eigenvalue weighted by Crippen LogP contribution is -2.29. The Morgan fingerprint density at radius 2 is 1.78 bits per heavy atom. The standard InChI is InChI=1S/C27H20Cl3N3O2S/c1-2-11-33-26(34)24(36-27(33)32-21-9-7-20(28)8-10-21)14-17-12-22(29)25(23(30)13-17)35-16-19-6-4-3-5-18(19)15-31/h3-10,12-14H,2,11,16H2,1H3/b24-14-,32-27?. The molecule has 0 spiro atoms. The third kappa shape index (κ3) is 6.05. The minimum atomic E-state index is -0.129. The van der Waals surface area contributed by atoms with Gasteiger partial charge in [-0.2, -0.15) is 5.26 Å². The van der Waals surface area contributed by atoms with Gasteiger partial charge in [0.2, 0.25) is 0 Å². The predicted molar refractivity (Wildman–Crippen MR) is 148 cm³/mol. The van der Waals surface area contributed by atoms with E-state index in [9.17, 15) is 10.1 Å². The SMILES string of the molecule is CCCN1C(=O)/C(=C/c2cc(Cl)c(OCc3ccccc3C#N)c(Cl)c2)SC1=Nc1ccc(Cl)cc1. The van der Waals surface area contributed by atoms with Gasteiger partial charge < -0.3 is 4.74 Å². The summed E-state index contributed by atoms with van der Waals surface area (Å²) in [7, 11) is 0. The first-order chi connectivity index (χ1) is 17.4. The van der Waals surface area contributed by atoms with E-state index in [1.807, 2.05) is 19.1 Å². The van der Waals surface area contributed by atoms with Crippen LogP contribution >= 0.6 is 46.6 Å². The Morgan fingerprint density at radius 1 is 1.08 bits per heavy atom. The number of halogens is 3. The van der Waals surface area contributed by atoms with Gasteiger partial charge in [0, 0.05) is 17.1 Å². The highest BCUT2D eigenvalue weighted by atomic mass is 35.5. The first-order valence-corrected chi connectivity index (χ1v) is 13.0. The zero-order valence-corrected chi connectivity index (χ0v) is 22.3. The molecule has 1 aliphatic rings. The molecule has 0 aliphatic carbocycles. The molecule has 36 heavy (non-hydrogen) atoms. The van der Waals surface area contributed by atoms with Crippen LogP contribution in [0.15, 0.2) is 70.6 Å². The Kier molecular flexibility index (Phi) is 8.60. The van der Waals surface area contributed by atoms with E-state index in [1.54, 1.807) is 59.5 Å². The molecule has 0 unspecified atom stereocenters. The Hall–Kier alpha value is -2.95. The van der Waals surface area contributed by atoms with Gasteiger partial charge >= 0.3 is 0 Å². The minimum Gasteiger partial charge on any atom is -0.486 e. The molecule has 0 radical (unpaired) electrons. The molecule has 3 aromatic rings. The molecule has 1 aliphatic heterocycles. The van der Waals surface area contributed by atoms with Crippen LogP contribution in [0.25, 0.3) is 6.08 Å². The molecule has 5 nitrogen and oxygen atoms in total. The Balaban J connectivity index is 1.58. The van der Waals surface area contributed by atoms with E-state index in [0.717, 1.165) is 12.0 Å². The van der Waals surface area contributed by atoms with Gasteiger partial charge in [-0.1, -0.05) is 59.9 Å². The fourth-order valence-electron chi connectivity index (χ4n) is 3.50. The first kappa shape index (κ1) is 26.1. The highest BCUT2D eigenvalue weighted by molar-refractivity contribution is 8.18. The zero-order chi connectivity index (χ0) is 25.7. The van der Waals surface area contributed by atoms with E-state index < -0.39 is 0 Å². The maximum Gasteiger partial charge on any atom is 0.266 e. The van der Waals surface area contributed by atoms with Crippen molar-refractivity contribution in [1.29, 1.82) is 5.26 Å². The number of amides is 1. The Morgan fingerprint density at radius 3 is 2.44 bits per heavy atom. The van der Waals surface area contributed by atoms with E-state index in [0.29, 0.717) is 54.2 Å². The quantitative estimate of drug-likeness (QED) is 0.276. The molecule has 9 heteroatoms. The molecule has 3 aromatic carbocycles. The lowest BCUT2D eigenvalue weighted by atomic mass is 10.1. The van der Waals surface area contributed by atoms with Crippen LogP contribution in [0.2, 0.25) is 15.1 Å². The van der Waals surface area contributed by atoms with Crippen molar-refractivity contribution in [3.63, 3.8) is 0 Å². The van der Waals surface area contributed by atoms with Crippen LogP contribution in [0.1, 0.15) is 30.0 Å². The summed E-state index contributed by atoms with van der Waals surface area (Å²) in [6.07, 6.45) is 2.53. The number of amidine groups is 1. The van der Waals surface area contributed by atoms with Crippen molar-refractivity contribution in [2.45, 2.75) is 20.0 Å². The summed E-state index contributed by atoms with van der Waals surface area (Å²) in [4.78, 5) is 20.0. The van der Waals surface area contributed by atoms with Crippen LogP contribution in [0.4, 0.5) is 5.69 Å². The molecule has 0 aromatic heterocycles. The number of hydrogen-bond donors (Lipinski definition) is 0. The van der Waals surface area contributed by atoms with Crippen LogP contribution in [-0.4, -0.2) is 22.5 Å². The summed E-state index contributed by atoms with van der Waals surface area (Å²) in [6.45, 7) is 2.70. The lowest BCUT2D eigenvalue weighted by Gasteiger charge is -2.14. The number of thioether (sulfide) groups is 1. The zero-order valence-electron chi connectivity index (χ0n) is 19.2. The second-order valence-electron chi connectivity index (χ2n) is 7.81. The lowest BCUT2D eigenvalue weighted by molar-refractivity contribution is -0.122. The van der Waals surface area contributed by atoms with Crippen molar-refractivity contribution in [3.8, 4) is 11.8 Å². The van der Waals surface area contributed by atoms with Crippen molar-refractivity contribution in [3.05, 3.63) is 97.3 Å². The van der Waals surface area contributed by atoms with Crippen LogP contribution < -0.4 is 4.74 Å². The largest absolute Gasteiger partial charge is 0.486 e. The summed E-state index contributed by atoms with van der Waals surface area (Å²) in [5.74, 6) is 0.187. The van der Waals surface area contributed by atoms with Gasteiger partial charge in [-0.25, -0.2) is 4.99 Å². The second-order valence-corrected chi connectivity index (χ2v) is 10.1. The van der Waals surface area contributed by atoms with E-state index in [-0.39, 0.29) is 12.5 Å². The normalized spacial score (nSPS) is 15.5. The molecule has 1 fully saturated rings. The summed E-state index contributed by atoms with van der Waals surface area (Å²) in [6, 6.07) is 19.8. The van der Waals surface area contributed by atoms with Crippen molar-refractivity contribution < 1.29 is 9.53 Å². The number of ether oxygens (including phenoxy) is 1. The summed E-state index contributed by atoms with van der Waals surface area (Å²) >= 11 is 20.2. The van der Waals surface area contributed by atoms with Crippen molar-refractivity contribution in [2.24, 2.45) is 4.99 Å². The van der Waals surface area contributed by atoms with Crippen molar-refractivity contribution >= 4 is 69.4 Å². The van der Waals surface area contributed by atoms with Gasteiger partial charge in [0.1, 0.15) is 6.61 Å². The van der Waals surface area contributed by atoms with E-state index in [1.165, 1.54) is 11.8 Å². The van der Waals surface area contributed by atoms with Gasteiger partial charge in [0.25, 0.3) is 5.91 Å². The maximum atomic E-state index is 13.1. The van der Waals surface area contributed by atoms with Gasteiger partial charge in [-0.15, -0.1) is 0 Å². The number of carbonyl (C=O) groups excluding carboxylic acids is 1. The molecular formula is C27H20Cl3N3O2S. The summed E-state index contributed by atoms with van der Waals surface area (Å²) in [5, 5.41) is 11.1. The molecule has 4 rings (SSSR count). The number of rotatable bonds is 7. The molecule has 1 heterocycles. The van der Waals surface area contributed by atoms with Crippen molar-refractivity contribution in [1.82, 2.24) is 4.90 Å². The van der Waals surface area contributed by atoms with Gasteiger partial charge in [0.05, 0.1) is 32.3 Å². The first-order valence-electron chi connectivity index (χ1n) is 11.0. The van der Waals surface area contributed by atoms with Crippen molar-refractivity contribution in [2.75, 3.05) is 6.54 Å². The van der Waals surface area contributed by atoms with Crippen LogP contribution in [0.3, 0.4) is 0 Å². The molecule has 1 saturated heterocycles. The molecule has 0 N–H and O–H groups in total. The topological polar surface area (TPSA) is 65.7 Å². The third-order valence-electron chi connectivity index (χ3n) is 5.21. The predicted octanol–water partition coefficient (Wildman–Crippen LogP) is 8.11. The fourth-order valence-corrected chi connectivity index (χ4v) is 5.26. The molecule has 1 amide bonds. The monoisotopic (exact) mass is 555 g/mol. The molecule has 0 bridgehead atoms. The Bertz CT molecular complexity index is 1380. The smallest absolute Gasteiger partial charge is 0.266 e. The Labute approximate surface area is 228 Å². The summed E-state index contributed by atoms with van der Waals surface area (Å²) < 4.78 is 5.84. The minimum absolute atomic E-state index is 0.129. The highest BCUT2D eigenvalue weighted by Crippen LogP contribution is 2.38. The highest BCUT2D eigenvalue weighted by Gasteiger charge is 2.32. The fraction of sp³-hybridized carbons (Fsp3) is 0.148. The van der Waals surface area contributed by atoms with E-state index in [4.69, 9.17) is 39.5 Å². The third-order valence-corrected chi connectivity index (χ3v) is 7.03. The van der Waals surface area contributed by atoms with Gasteiger partial charge in [-0.05, 0) is 72.3 Å². The second kappa shape index (κ2) is 11.9. The average molecular weight is 557 g/mol. The number of hydrogen-bond acceptors (Lipinski definition) is 5. The number of nitriles is 1. The van der Waals surface area contributed by atoms with E-state index >= 15 is 0 Å². The van der Waals surface area contributed by atoms with Gasteiger partial charge in [-0.3, -0.25) is 9.69 Å². The number of benzene rings is 3. The van der Waals surface area contributed by atoms with Crippen LogP contribution in [0, 0.1) is 11.3 Å². The number of carbonyl (C=O) groups is 1. The van der Waals surface area contributed by atoms with Crippen LogP contribution in [-0.2, 0) is 11.4 Å². The van der Waals surface area contributed by atoms with Crippen LogP contribution in [0.5, 0.6) is 5.75 Å².